The fourth-order valence-electron chi connectivity index (χ4n) is 2.71. The first-order chi connectivity index (χ1) is 12.1. The summed E-state index contributed by atoms with van der Waals surface area (Å²) in [7, 11) is 0. The van der Waals surface area contributed by atoms with Crippen molar-refractivity contribution >= 4 is 10.9 Å². The lowest BCUT2D eigenvalue weighted by atomic mass is 9.82. The molecule has 1 aromatic heterocycles. The molecule has 0 radical (unpaired) electrons. The van der Waals surface area contributed by atoms with E-state index in [0.717, 1.165) is 12.6 Å². The Morgan fingerprint density at radius 2 is 1.81 bits per heavy atom. The molecule has 0 aliphatic carbocycles. The number of rotatable bonds is 3. The number of hydrogen-bond donors (Lipinski definition) is 2. The van der Waals surface area contributed by atoms with Gasteiger partial charge in [-0.15, -0.1) is 0 Å². The van der Waals surface area contributed by atoms with Crippen molar-refractivity contribution in [1.29, 1.82) is 10.5 Å². The average molecular weight is 359 g/mol. The monoisotopic (exact) mass is 359 g/mol. The van der Waals surface area contributed by atoms with Crippen LogP contribution in [0.3, 0.4) is 0 Å². The van der Waals surface area contributed by atoms with E-state index < -0.39 is 23.2 Å². The highest BCUT2D eigenvalue weighted by atomic mass is 19.4. The van der Waals surface area contributed by atoms with Crippen molar-refractivity contribution in [2.75, 3.05) is 0 Å². The second kappa shape index (κ2) is 6.93. The third-order valence-electron chi connectivity index (χ3n) is 4.17. The summed E-state index contributed by atoms with van der Waals surface area (Å²) in [6.45, 7) is 4.02. The van der Waals surface area contributed by atoms with Crippen LogP contribution in [0.5, 0.6) is 0 Å². The van der Waals surface area contributed by atoms with Crippen LogP contribution in [-0.2, 0) is 0 Å². The lowest BCUT2D eigenvalue weighted by molar-refractivity contribution is -0.0921. The van der Waals surface area contributed by atoms with Gasteiger partial charge >= 0.3 is 6.18 Å². The molecule has 3 N–H and O–H groups in total. The number of fused-ring (bicyclic) bond motifs is 1. The zero-order valence-electron chi connectivity index (χ0n) is 14.4. The second-order valence-corrected chi connectivity index (χ2v) is 5.91. The van der Waals surface area contributed by atoms with Gasteiger partial charge < -0.3 is 5.73 Å². The van der Waals surface area contributed by atoms with Crippen LogP contribution in [0.25, 0.3) is 10.9 Å². The highest BCUT2D eigenvalue weighted by molar-refractivity contribution is 5.82. The van der Waals surface area contributed by atoms with Gasteiger partial charge in [-0.05, 0) is 38.5 Å². The smallest absolute Gasteiger partial charge is 0.401 e. The molecule has 0 saturated heterocycles. The van der Waals surface area contributed by atoms with Gasteiger partial charge in [0.25, 0.3) is 0 Å². The SMILES string of the molecule is C/C(=C(/C#N)C(/C(C#N)=C(/C)N)c1ccc2n[nH]c(C)c2c1)C(F)(F)F. The topological polar surface area (TPSA) is 102 Å². The van der Waals surface area contributed by atoms with Crippen molar-refractivity contribution < 1.29 is 13.2 Å². The first kappa shape index (κ1) is 19.1. The molecule has 1 atom stereocenters. The Morgan fingerprint density at radius 1 is 1.19 bits per heavy atom. The molecular weight excluding hydrogens is 343 g/mol. The summed E-state index contributed by atoms with van der Waals surface area (Å²) in [5.41, 5.74) is 5.81. The van der Waals surface area contributed by atoms with Gasteiger partial charge in [0, 0.05) is 22.4 Å². The molecule has 0 saturated carbocycles. The van der Waals surface area contributed by atoms with Crippen molar-refractivity contribution in [3.63, 3.8) is 0 Å². The number of hydrogen-bond acceptors (Lipinski definition) is 4. The number of aryl methyl sites for hydroxylation is 1. The standard InChI is InChI=1S/C18H16F3N5/c1-9(18(19,20)21)14(7-22)17(15(8-23)10(2)24)12-4-5-16-13(6-12)11(3)25-26-16/h4-6,17H,24H2,1-3H3,(H,25,26)/b14-9+,15-10-. The molecule has 0 bridgehead atoms. The van der Waals surface area contributed by atoms with Gasteiger partial charge in [-0.3, -0.25) is 5.10 Å². The number of halogens is 3. The molecule has 8 heteroatoms. The Hall–Kier alpha value is -3.26. The highest BCUT2D eigenvalue weighted by Gasteiger charge is 2.37. The molecule has 0 fully saturated rings. The Labute approximate surface area is 148 Å². The van der Waals surface area contributed by atoms with Gasteiger partial charge in [-0.2, -0.15) is 28.8 Å². The van der Waals surface area contributed by atoms with E-state index in [1.54, 1.807) is 31.2 Å². The molecule has 1 unspecified atom stereocenters. The zero-order valence-corrected chi connectivity index (χ0v) is 14.4. The van der Waals surface area contributed by atoms with Crippen LogP contribution in [0.4, 0.5) is 13.2 Å². The first-order valence-corrected chi connectivity index (χ1v) is 7.60. The van der Waals surface area contributed by atoms with E-state index in [2.05, 4.69) is 10.2 Å². The van der Waals surface area contributed by atoms with Gasteiger partial charge in [-0.1, -0.05) is 6.07 Å². The predicted molar refractivity (Wildman–Crippen MR) is 90.4 cm³/mol. The number of H-pyrrole nitrogens is 1. The third kappa shape index (κ3) is 3.40. The van der Waals surface area contributed by atoms with Crippen LogP contribution in [0, 0.1) is 29.6 Å². The minimum Gasteiger partial charge on any atom is -0.401 e. The number of benzene rings is 1. The van der Waals surface area contributed by atoms with Crippen LogP contribution < -0.4 is 5.73 Å². The highest BCUT2D eigenvalue weighted by Crippen LogP contribution is 2.39. The van der Waals surface area contributed by atoms with Gasteiger partial charge in [-0.25, -0.2) is 0 Å². The molecule has 0 aliphatic heterocycles. The minimum absolute atomic E-state index is 0.0595. The van der Waals surface area contributed by atoms with Gasteiger partial charge in [0.05, 0.1) is 34.7 Å². The Balaban J connectivity index is 2.85. The summed E-state index contributed by atoms with van der Waals surface area (Å²) in [4.78, 5) is 0. The fraction of sp³-hybridized carbons (Fsp3) is 0.278. The minimum atomic E-state index is -4.69. The zero-order chi connectivity index (χ0) is 19.6. The van der Waals surface area contributed by atoms with Gasteiger partial charge in [0.2, 0.25) is 0 Å². The fourth-order valence-corrected chi connectivity index (χ4v) is 2.71. The van der Waals surface area contributed by atoms with Crippen molar-refractivity contribution in [1.82, 2.24) is 10.2 Å². The van der Waals surface area contributed by atoms with Crippen molar-refractivity contribution in [2.45, 2.75) is 32.9 Å². The summed E-state index contributed by atoms with van der Waals surface area (Å²) in [6.07, 6.45) is -4.69. The van der Waals surface area contributed by atoms with E-state index in [-0.39, 0.29) is 11.3 Å². The number of allylic oxidation sites excluding steroid dienone is 4. The van der Waals surface area contributed by atoms with E-state index in [1.807, 2.05) is 6.07 Å². The molecule has 0 aliphatic rings. The largest absolute Gasteiger partial charge is 0.413 e. The lowest BCUT2D eigenvalue weighted by Gasteiger charge is -2.20. The summed E-state index contributed by atoms with van der Waals surface area (Å²) in [5.74, 6) is -1.21. The number of alkyl halides is 3. The van der Waals surface area contributed by atoms with E-state index in [0.29, 0.717) is 16.5 Å². The summed E-state index contributed by atoms with van der Waals surface area (Å²) in [5, 5.41) is 26.5. The lowest BCUT2D eigenvalue weighted by Crippen LogP contribution is -2.17. The van der Waals surface area contributed by atoms with E-state index in [9.17, 15) is 23.7 Å². The maximum atomic E-state index is 13.2. The van der Waals surface area contributed by atoms with Crippen LogP contribution in [0.1, 0.15) is 31.0 Å². The Morgan fingerprint density at radius 3 is 2.31 bits per heavy atom. The molecule has 0 spiro atoms. The van der Waals surface area contributed by atoms with Gasteiger partial charge in [0.1, 0.15) is 0 Å². The Kier molecular flexibility index (Phi) is 5.08. The second-order valence-electron chi connectivity index (χ2n) is 5.91. The quantitative estimate of drug-likeness (QED) is 0.805. The number of nitrogens with one attached hydrogen (secondary N) is 1. The molecule has 26 heavy (non-hydrogen) atoms. The average Bonchev–Trinajstić information content (AvgIpc) is 2.94. The van der Waals surface area contributed by atoms with Crippen LogP contribution in [-0.4, -0.2) is 16.4 Å². The molecule has 5 nitrogen and oxygen atoms in total. The molecule has 1 aromatic carbocycles. The number of nitrogens with two attached hydrogens (primary N) is 1. The van der Waals surface area contributed by atoms with Crippen LogP contribution >= 0.6 is 0 Å². The molecule has 0 amide bonds. The van der Waals surface area contributed by atoms with E-state index >= 15 is 0 Å². The number of nitriles is 2. The molecule has 2 rings (SSSR count). The summed E-state index contributed by atoms with van der Waals surface area (Å²) >= 11 is 0. The summed E-state index contributed by atoms with van der Waals surface area (Å²) < 4.78 is 39.7. The van der Waals surface area contributed by atoms with Gasteiger partial charge in [0.15, 0.2) is 0 Å². The maximum Gasteiger partial charge on any atom is 0.413 e. The van der Waals surface area contributed by atoms with Crippen molar-refractivity contribution in [3.05, 3.63) is 51.9 Å². The van der Waals surface area contributed by atoms with Crippen molar-refractivity contribution in [2.24, 2.45) is 5.73 Å². The van der Waals surface area contributed by atoms with E-state index in [4.69, 9.17) is 5.73 Å². The Bertz CT molecular complexity index is 992. The predicted octanol–water partition coefficient (Wildman–Crippen LogP) is 4.11. The number of nitrogens with zero attached hydrogens (tertiary/aromatic N) is 3. The van der Waals surface area contributed by atoms with Crippen LogP contribution in [0.2, 0.25) is 0 Å². The summed E-state index contributed by atoms with van der Waals surface area (Å²) in [6, 6.07) is 8.28. The third-order valence-corrected chi connectivity index (χ3v) is 4.17. The van der Waals surface area contributed by atoms with E-state index in [1.165, 1.54) is 6.92 Å². The molecule has 2 aromatic rings. The molecule has 1 heterocycles. The molecule has 134 valence electrons. The maximum absolute atomic E-state index is 13.2. The van der Waals surface area contributed by atoms with Crippen LogP contribution in [0.15, 0.2) is 40.6 Å². The van der Waals surface area contributed by atoms with Crippen molar-refractivity contribution in [3.8, 4) is 12.1 Å². The molecular formula is C18H16F3N5. The number of aromatic nitrogens is 2. The first-order valence-electron chi connectivity index (χ1n) is 7.60. The number of aromatic amines is 1. The normalized spacial score (nSPS) is 14.9.